The van der Waals surface area contributed by atoms with Gasteiger partial charge in [-0.05, 0) is 56.4 Å². The fraction of sp³-hybridized carbons (Fsp3) is 0.524. The van der Waals surface area contributed by atoms with Gasteiger partial charge in [0.25, 0.3) is 0 Å². The maximum absolute atomic E-state index is 13.0. The van der Waals surface area contributed by atoms with E-state index >= 15 is 0 Å². The molecule has 1 aromatic heterocycles. The van der Waals surface area contributed by atoms with E-state index in [1.165, 1.54) is 6.42 Å². The maximum atomic E-state index is 13.0. The molecule has 130 valence electrons. The van der Waals surface area contributed by atoms with Crippen LogP contribution in [0.1, 0.15) is 44.1 Å². The van der Waals surface area contributed by atoms with Crippen molar-refractivity contribution in [2.24, 2.45) is 17.3 Å². The third kappa shape index (κ3) is 2.46. The predicted molar refractivity (Wildman–Crippen MR) is 93.6 cm³/mol. The number of carbonyl (C=O) groups excluding carboxylic acids is 1. The smallest absolute Gasteiger partial charge is 0.312 e. The number of fused-ring (bicyclic) bond motifs is 1. The number of aromatic nitrogens is 1. The molecule has 0 aliphatic heterocycles. The number of hydrogen-bond acceptors (Lipinski definition) is 4. The zero-order valence-electron chi connectivity index (χ0n) is 14.3. The van der Waals surface area contributed by atoms with Gasteiger partial charge in [0.15, 0.2) is 0 Å². The summed E-state index contributed by atoms with van der Waals surface area (Å²) in [5.41, 5.74) is 0.734. The molecule has 2 unspecified atom stereocenters. The Morgan fingerprint density at radius 1 is 1.16 bits per heavy atom. The molecule has 2 atom stereocenters. The van der Waals surface area contributed by atoms with Crippen molar-refractivity contribution < 1.29 is 14.6 Å². The van der Waals surface area contributed by atoms with Crippen molar-refractivity contribution >= 4 is 16.9 Å². The molecular weight excluding hydrogens is 314 g/mol. The van der Waals surface area contributed by atoms with Crippen molar-refractivity contribution in [3.8, 4) is 0 Å². The standard InChI is InChI=1S/C21H23NO3/c23-19(20-8-14-7-15(9-20)11-21(24,10-14)13-20)25-12-17-4-1-3-16-5-2-6-22-18(16)17/h1-6,14-15,24H,7-13H2. The van der Waals surface area contributed by atoms with Crippen molar-refractivity contribution in [3.63, 3.8) is 0 Å². The van der Waals surface area contributed by atoms with E-state index in [0.717, 1.165) is 42.1 Å². The van der Waals surface area contributed by atoms with E-state index in [1.54, 1.807) is 6.20 Å². The van der Waals surface area contributed by atoms with Crippen LogP contribution in [0.15, 0.2) is 36.5 Å². The number of hydrogen-bond donors (Lipinski definition) is 1. The first kappa shape index (κ1) is 15.3. The van der Waals surface area contributed by atoms with Gasteiger partial charge in [-0.25, -0.2) is 0 Å². The summed E-state index contributed by atoms with van der Waals surface area (Å²) in [7, 11) is 0. The van der Waals surface area contributed by atoms with Crippen LogP contribution in [-0.4, -0.2) is 21.7 Å². The van der Waals surface area contributed by atoms with Gasteiger partial charge >= 0.3 is 5.97 Å². The first-order chi connectivity index (χ1) is 12.1. The van der Waals surface area contributed by atoms with Gasteiger partial charge in [-0.1, -0.05) is 24.3 Å². The minimum atomic E-state index is -0.635. The Hall–Kier alpha value is -1.94. The summed E-state index contributed by atoms with van der Waals surface area (Å²) in [5, 5.41) is 11.9. The van der Waals surface area contributed by atoms with Gasteiger partial charge in [-0.2, -0.15) is 0 Å². The molecule has 0 amide bonds. The topological polar surface area (TPSA) is 59.4 Å². The molecule has 4 bridgehead atoms. The second-order valence-corrected chi connectivity index (χ2v) is 8.53. The second-order valence-electron chi connectivity index (χ2n) is 8.53. The summed E-state index contributed by atoms with van der Waals surface area (Å²) in [6, 6.07) is 9.88. The number of nitrogens with zero attached hydrogens (tertiary/aromatic N) is 1. The van der Waals surface area contributed by atoms with E-state index < -0.39 is 11.0 Å². The first-order valence-corrected chi connectivity index (χ1v) is 9.28. The molecule has 4 fully saturated rings. The number of carbonyl (C=O) groups is 1. The number of ether oxygens (including phenoxy) is 1. The molecule has 4 heteroatoms. The van der Waals surface area contributed by atoms with Crippen molar-refractivity contribution in [3.05, 3.63) is 42.1 Å². The first-order valence-electron chi connectivity index (χ1n) is 9.28. The van der Waals surface area contributed by atoms with Gasteiger partial charge in [-0.15, -0.1) is 0 Å². The van der Waals surface area contributed by atoms with Gasteiger partial charge in [0.1, 0.15) is 6.61 Å². The molecule has 6 rings (SSSR count). The monoisotopic (exact) mass is 337 g/mol. The molecule has 0 saturated heterocycles. The van der Waals surface area contributed by atoms with Crippen LogP contribution in [-0.2, 0) is 16.1 Å². The van der Waals surface area contributed by atoms with E-state index in [-0.39, 0.29) is 12.6 Å². The van der Waals surface area contributed by atoms with Gasteiger partial charge in [0.2, 0.25) is 0 Å². The average Bonchev–Trinajstić information content (AvgIpc) is 2.57. The van der Waals surface area contributed by atoms with Gasteiger partial charge in [0.05, 0.1) is 16.5 Å². The quantitative estimate of drug-likeness (QED) is 0.869. The van der Waals surface area contributed by atoms with Crippen LogP contribution >= 0.6 is 0 Å². The molecule has 4 nitrogen and oxygen atoms in total. The molecule has 4 aliphatic rings. The number of pyridine rings is 1. The third-order valence-corrected chi connectivity index (χ3v) is 6.54. The van der Waals surface area contributed by atoms with Crippen LogP contribution in [0.2, 0.25) is 0 Å². The van der Waals surface area contributed by atoms with E-state index in [1.807, 2.05) is 30.3 Å². The lowest BCUT2D eigenvalue weighted by molar-refractivity contribution is -0.197. The SMILES string of the molecule is O=C(OCc1cccc2cccnc12)C12CC3CC(CC(O)(C3)C1)C2. The molecule has 4 saturated carbocycles. The minimum Gasteiger partial charge on any atom is -0.460 e. The number of rotatable bonds is 3. The Bertz CT molecular complexity index is 827. The Kier molecular flexibility index (Phi) is 3.23. The van der Waals surface area contributed by atoms with Crippen LogP contribution < -0.4 is 0 Å². The van der Waals surface area contributed by atoms with Gasteiger partial charge in [0, 0.05) is 17.1 Å². The highest BCUT2D eigenvalue weighted by molar-refractivity contribution is 5.82. The van der Waals surface area contributed by atoms with E-state index in [9.17, 15) is 9.90 Å². The number of para-hydroxylation sites is 1. The van der Waals surface area contributed by atoms with E-state index in [4.69, 9.17) is 4.74 Å². The van der Waals surface area contributed by atoms with Crippen molar-refractivity contribution in [1.82, 2.24) is 4.98 Å². The molecule has 0 spiro atoms. The summed E-state index contributed by atoms with van der Waals surface area (Å²) >= 11 is 0. The normalized spacial score (nSPS) is 35.9. The fourth-order valence-electron chi connectivity index (χ4n) is 6.03. The fourth-order valence-corrected chi connectivity index (χ4v) is 6.03. The van der Waals surface area contributed by atoms with E-state index in [2.05, 4.69) is 4.98 Å². The molecule has 1 N–H and O–H groups in total. The Labute approximate surface area is 147 Å². The summed E-state index contributed by atoms with van der Waals surface area (Å²) in [6.45, 7) is 0.253. The minimum absolute atomic E-state index is 0.118. The number of aliphatic hydroxyl groups is 1. The predicted octanol–water partition coefficient (Wildman–Crippen LogP) is 3.61. The van der Waals surface area contributed by atoms with Crippen molar-refractivity contribution in [2.45, 2.75) is 50.7 Å². The van der Waals surface area contributed by atoms with Gasteiger partial charge < -0.3 is 9.84 Å². The Balaban J connectivity index is 1.37. The summed E-state index contributed by atoms with van der Waals surface area (Å²) in [5.74, 6) is 0.851. The van der Waals surface area contributed by atoms with Crippen LogP contribution in [0, 0.1) is 17.3 Å². The van der Waals surface area contributed by atoms with Gasteiger partial charge in [-0.3, -0.25) is 9.78 Å². The average molecular weight is 337 g/mol. The summed E-state index contributed by atoms with van der Waals surface area (Å²) in [4.78, 5) is 17.4. The van der Waals surface area contributed by atoms with Crippen molar-refractivity contribution in [2.75, 3.05) is 0 Å². The molecule has 25 heavy (non-hydrogen) atoms. The van der Waals surface area contributed by atoms with Crippen LogP contribution in [0.25, 0.3) is 10.9 Å². The number of esters is 1. The molecular formula is C21H23NO3. The Morgan fingerprint density at radius 3 is 2.68 bits per heavy atom. The van der Waals surface area contributed by atoms with Crippen LogP contribution in [0.5, 0.6) is 0 Å². The van der Waals surface area contributed by atoms with Crippen LogP contribution in [0.4, 0.5) is 0 Å². The molecule has 2 aromatic rings. The lowest BCUT2D eigenvalue weighted by Crippen LogP contribution is -2.58. The molecule has 1 aromatic carbocycles. The summed E-state index contributed by atoms with van der Waals surface area (Å²) < 4.78 is 5.78. The third-order valence-electron chi connectivity index (χ3n) is 6.54. The Morgan fingerprint density at radius 2 is 1.92 bits per heavy atom. The molecule has 0 radical (unpaired) electrons. The number of benzene rings is 1. The van der Waals surface area contributed by atoms with E-state index in [0.29, 0.717) is 18.3 Å². The highest BCUT2D eigenvalue weighted by Crippen LogP contribution is 2.62. The largest absolute Gasteiger partial charge is 0.460 e. The highest BCUT2D eigenvalue weighted by atomic mass is 16.5. The second kappa shape index (κ2) is 5.28. The summed E-state index contributed by atoms with van der Waals surface area (Å²) in [6.07, 6.45) is 7.03. The zero-order valence-corrected chi connectivity index (χ0v) is 14.3. The molecule has 4 aliphatic carbocycles. The lowest BCUT2D eigenvalue weighted by Gasteiger charge is -2.58. The van der Waals surface area contributed by atoms with Crippen molar-refractivity contribution in [1.29, 1.82) is 0 Å². The lowest BCUT2D eigenvalue weighted by atomic mass is 9.48. The van der Waals surface area contributed by atoms with Crippen LogP contribution in [0.3, 0.4) is 0 Å². The maximum Gasteiger partial charge on any atom is 0.312 e. The zero-order chi connectivity index (χ0) is 17.1. The highest BCUT2D eigenvalue weighted by Gasteiger charge is 2.60. The molecule has 1 heterocycles.